The summed E-state index contributed by atoms with van der Waals surface area (Å²) in [6, 6.07) is 14.9. The van der Waals surface area contributed by atoms with Gasteiger partial charge in [0.05, 0.1) is 30.9 Å². The minimum Gasteiger partial charge on any atom is -0.495 e. The van der Waals surface area contributed by atoms with Gasteiger partial charge < -0.3 is 19.0 Å². The van der Waals surface area contributed by atoms with E-state index in [0.29, 0.717) is 18.8 Å². The Bertz CT molecular complexity index is 1420. The Morgan fingerprint density at radius 1 is 1.18 bits per heavy atom. The van der Waals surface area contributed by atoms with Crippen LogP contribution in [-0.4, -0.2) is 52.4 Å². The molecule has 7 nitrogen and oxygen atoms in total. The average molecular weight is 525 g/mol. The van der Waals surface area contributed by atoms with Gasteiger partial charge in [0.2, 0.25) is 0 Å². The summed E-state index contributed by atoms with van der Waals surface area (Å²) in [5.41, 5.74) is 6.88. The fourth-order valence-corrected chi connectivity index (χ4v) is 6.20. The number of nitrogens with zero attached hydrogens (tertiary/aromatic N) is 4. The molecule has 1 aliphatic carbocycles. The summed E-state index contributed by atoms with van der Waals surface area (Å²) >= 11 is 0. The van der Waals surface area contributed by atoms with E-state index in [1.165, 1.54) is 11.1 Å². The number of carbonyl (C=O) groups excluding carboxylic acids is 1. The number of Topliss-reactive ketones (excluding diaryl/α,β-unsaturated/α-hetero) is 1. The van der Waals surface area contributed by atoms with Crippen molar-refractivity contribution in [1.82, 2.24) is 14.5 Å². The van der Waals surface area contributed by atoms with Crippen molar-refractivity contribution in [1.29, 1.82) is 0 Å². The van der Waals surface area contributed by atoms with Crippen LogP contribution in [0.5, 0.6) is 5.75 Å². The molecule has 3 aliphatic rings. The van der Waals surface area contributed by atoms with E-state index in [0.717, 1.165) is 79.2 Å². The maximum Gasteiger partial charge on any atom is 0.171 e. The van der Waals surface area contributed by atoms with E-state index in [9.17, 15) is 4.79 Å². The van der Waals surface area contributed by atoms with Crippen LogP contribution >= 0.6 is 0 Å². The number of hydrogen-bond donors (Lipinski definition) is 0. The van der Waals surface area contributed by atoms with Crippen LogP contribution in [0.4, 0.5) is 0 Å². The number of amidine groups is 1. The lowest BCUT2D eigenvalue weighted by Crippen LogP contribution is -2.49. The van der Waals surface area contributed by atoms with Crippen molar-refractivity contribution >= 4 is 17.7 Å². The van der Waals surface area contributed by atoms with E-state index in [4.69, 9.17) is 9.57 Å². The Kier molecular flexibility index (Phi) is 7.22. The predicted molar refractivity (Wildman–Crippen MR) is 152 cm³/mol. The maximum atomic E-state index is 13.2. The predicted octanol–water partition coefficient (Wildman–Crippen LogP) is 5.54. The first-order valence-electron chi connectivity index (χ1n) is 14.0. The van der Waals surface area contributed by atoms with Crippen molar-refractivity contribution in [3.8, 4) is 11.4 Å². The highest BCUT2D eigenvalue weighted by atomic mass is 16.6. The highest BCUT2D eigenvalue weighted by molar-refractivity contribution is 6.03. The Morgan fingerprint density at radius 3 is 2.87 bits per heavy atom. The second-order valence-electron chi connectivity index (χ2n) is 10.9. The summed E-state index contributed by atoms with van der Waals surface area (Å²) in [7, 11) is 1.69. The SMILES string of the molecule is COc1cc(/C=C2\CCCN3C2=NOC[C@@H]3CCC(=O)C2CCc3ccccc3C2)ccc1-n1cnc(C)c1. The lowest BCUT2D eigenvalue weighted by atomic mass is 9.80. The van der Waals surface area contributed by atoms with Gasteiger partial charge in [-0.05, 0) is 85.9 Å². The molecule has 202 valence electrons. The van der Waals surface area contributed by atoms with Gasteiger partial charge in [0.15, 0.2) is 5.84 Å². The van der Waals surface area contributed by atoms with Gasteiger partial charge in [0.1, 0.15) is 18.1 Å². The highest BCUT2D eigenvalue weighted by Crippen LogP contribution is 2.31. The number of aryl methyl sites for hydroxylation is 2. The van der Waals surface area contributed by atoms with Gasteiger partial charge in [-0.25, -0.2) is 4.98 Å². The molecule has 3 aromatic rings. The van der Waals surface area contributed by atoms with Gasteiger partial charge in [-0.3, -0.25) is 4.79 Å². The summed E-state index contributed by atoms with van der Waals surface area (Å²) in [5.74, 6) is 2.22. The van der Waals surface area contributed by atoms with Crippen molar-refractivity contribution < 1.29 is 14.4 Å². The van der Waals surface area contributed by atoms with Gasteiger partial charge in [0, 0.05) is 25.1 Å². The molecule has 2 atom stereocenters. The normalized spacial score (nSPS) is 21.5. The van der Waals surface area contributed by atoms with E-state index < -0.39 is 0 Å². The fourth-order valence-electron chi connectivity index (χ4n) is 6.20. The van der Waals surface area contributed by atoms with E-state index >= 15 is 0 Å². The summed E-state index contributed by atoms with van der Waals surface area (Å²) in [5, 5.41) is 4.48. The van der Waals surface area contributed by atoms with E-state index in [1.54, 1.807) is 13.4 Å². The molecule has 0 radical (unpaired) electrons. The molecular formula is C32H36N4O3. The van der Waals surface area contributed by atoms with Crippen molar-refractivity contribution in [2.45, 2.75) is 57.9 Å². The topological polar surface area (TPSA) is 69.0 Å². The summed E-state index contributed by atoms with van der Waals surface area (Å²) in [4.78, 5) is 25.6. The summed E-state index contributed by atoms with van der Waals surface area (Å²) in [6.45, 7) is 3.45. The number of fused-ring (bicyclic) bond motifs is 2. The molecule has 2 aromatic carbocycles. The van der Waals surface area contributed by atoms with Crippen LogP contribution in [0.3, 0.4) is 0 Å². The van der Waals surface area contributed by atoms with Gasteiger partial charge >= 0.3 is 0 Å². The van der Waals surface area contributed by atoms with Gasteiger partial charge in [-0.2, -0.15) is 0 Å². The molecule has 39 heavy (non-hydrogen) atoms. The molecular weight excluding hydrogens is 488 g/mol. The first-order valence-corrected chi connectivity index (χ1v) is 14.0. The quantitative estimate of drug-likeness (QED) is 0.406. The van der Waals surface area contributed by atoms with Crippen molar-refractivity contribution in [3.05, 3.63) is 82.9 Å². The number of aromatic nitrogens is 2. The van der Waals surface area contributed by atoms with E-state index in [1.807, 2.05) is 17.7 Å². The van der Waals surface area contributed by atoms with E-state index in [2.05, 4.69) is 63.6 Å². The molecule has 3 heterocycles. The molecule has 1 unspecified atom stereocenters. The first kappa shape index (κ1) is 25.4. The summed E-state index contributed by atoms with van der Waals surface area (Å²) in [6.07, 6.45) is 12.2. The number of piperidine rings is 1. The molecule has 1 saturated heterocycles. The van der Waals surface area contributed by atoms with Crippen LogP contribution < -0.4 is 4.74 Å². The number of oxime groups is 1. The zero-order valence-electron chi connectivity index (χ0n) is 22.8. The largest absolute Gasteiger partial charge is 0.495 e. The molecule has 7 heteroatoms. The van der Waals surface area contributed by atoms with Crippen molar-refractivity contribution in [2.75, 3.05) is 20.3 Å². The fraction of sp³-hybridized carbons (Fsp3) is 0.406. The lowest BCUT2D eigenvalue weighted by Gasteiger charge is -2.40. The third-order valence-corrected chi connectivity index (χ3v) is 8.32. The number of methoxy groups -OCH3 is 1. The number of rotatable bonds is 7. The second kappa shape index (κ2) is 11.1. The number of benzene rings is 2. The molecule has 0 spiro atoms. The number of carbonyl (C=O) groups is 1. The van der Waals surface area contributed by atoms with Crippen LogP contribution in [0.15, 0.2) is 65.7 Å². The Labute approximate surface area is 230 Å². The van der Waals surface area contributed by atoms with Crippen molar-refractivity contribution in [3.63, 3.8) is 0 Å². The Morgan fingerprint density at radius 2 is 2.05 bits per heavy atom. The van der Waals surface area contributed by atoms with Crippen LogP contribution in [-0.2, 0) is 22.5 Å². The third kappa shape index (κ3) is 5.35. The molecule has 6 rings (SSSR count). The monoisotopic (exact) mass is 524 g/mol. The third-order valence-electron chi connectivity index (χ3n) is 8.32. The number of ketones is 1. The van der Waals surface area contributed by atoms with Gasteiger partial charge in [0.25, 0.3) is 0 Å². The van der Waals surface area contributed by atoms with Crippen LogP contribution in [0.1, 0.15) is 54.5 Å². The van der Waals surface area contributed by atoms with Crippen LogP contribution in [0.25, 0.3) is 11.8 Å². The van der Waals surface area contributed by atoms with Gasteiger partial charge in [-0.15, -0.1) is 0 Å². The number of hydrogen-bond acceptors (Lipinski definition) is 6. The zero-order valence-corrected chi connectivity index (χ0v) is 22.8. The number of ether oxygens (including phenoxy) is 1. The first-order chi connectivity index (χ1) is 19.1. The Hall–Kier alpha value is -3.87. The van der Waals surface area contributed by atoms with Gasteiger partial charge in [-0.1, -0.05) is 35.5 Å². The maximum absolute atomic E-state index is 13.2. The smallest absolute Gasteiger partial charge is 0.171 e. The Balaban J connectivity index is 1.13. The molecule has 1 fully saturated rings. The second-order valence-corrected chi connectivity index (χ2v) is 10.9. The zero-order chi connectivity index (χ0) is 26.8. The molecule has 2 aliphatic heterocycles. The minimum atomic E-state index is 0.138. The summed E-state index contributed by atoms with van der Waals surface area (Å²) < 4.78 is 7.69. The van der Waals surface area contributed by atoms with Crippen LogP contribution in [0.2, 0.25) is 0 Å². The lowest BCUT2D eigenvalue weighted by molar-refractivity contribution is -0.123. The minimum absolute atomic E-state index is 0.138. The molecule has 0 saturated carbocycles. The molecule has 1 aromatic heterocycles. The van der Waals surface area contributed by atoms with Crippen molar-refractivity contribution in [2.24, 2.45) is 11.1 Å². The average Bonchev–Trinajstić information content (AvgIpc) is 3.41. The standard InChI is InChI=1S/C32H36N4O3/c1-22-19-35(21-33-22)29-13-9-23(17-31(29)38-2)16-27-8-5-15-36-28(20-39-34-32(27)36)12-14-30(37)26-11-10-24-6-3-4-7-25(24)18-26/h3-4,6-7,9,13,16-17,19,21,26,28H,5,8,10-12,14-15,18,20H2,1-2H3/b27-16+/t26?,28-/m0/s1. The molecule has 0 amide bonds. The number of imidazole rings is 1. The molecule has 0 N–H and O–H groups in total. The van der Waals surface area contributed by atoms with E-state index in [-0.39, 0.29) is 12.0 Å². The highest BCUT2D eigenvalue weighted by Gasteiger charge is 2.33. The molecule has 0 bridgehead atoms. The van der Waals surface area contributed by atoms with Crippen LogP contribution in [0, 0.1) is 12.8 Å².